The highest BCUT2D eigenvalue weighted by Gasteiger charge is 2.05. The number of amides is 1. The van der Waals surface area contributed by atoms with Crippen molar-refractivity contribution in [3.63, 3.8) is 0 Å². The molecular formula is C16H15BrClNO. The molecule has 0 aromatic heterocycles. The predicted molar refractivity (Wildman–Crippen MR) is 85.8 cm³/mol. The van der Waals surface area contributed by atoms with Gasteiger partial charge in [-0.15, -0.1) is 0 Å². The minimum atomic E-state index is 0.0350. The molecule has 0 fully saturated rings. The Hall–Kier alpha value is -1.32. The molecule has 0 saturated carbocycles. The van der Waals surface area contributed by atoms with Crippen molar-refractivity contribution in [1.82, 2.24) is 5.32 Å². The van der Waals surface area contributed by atoms with Gasteiger partial charge < -0.3 is 5.32 Å². The zero-order valence-corrected chi connectivity index (χ0v) is 13.2. The Balaban J connectivity index is 1.80. The maximum Gasteiger partial charge on any atom is 0.220 e. The van der Waals surface area contributed by atoms with Gasteiger partial charge in [-0.05, 0) is 29.7 Å². The van der Waals surface area contributed by atoms with E-state index in [2.05, 4.69) is 21.2 Å². The first-order chi connectivity index (χ1) is 9.65. The first-order valence-corrected chi connectivity index (χ1v) is 7.57. The molecule has 0 spiro atoms. The van der Waals surface area contributed by atoms with Gasteiger partial charge in [0.2, 0.25) is 5.91 Å². The summed E-state index contributed by atoms with van der Waals surface area (Å²) in [5.74, 6) is 0.0350. The van der Waals surface area contributed by atoms with E-state index >= 15 is 0 Å². The average Bonchev–Trinajstić information content (AvgIpc) is 2.45. The quantitative estimate of drug-likeness (QED) is 0.851. The van der Waals surface area contributed by atoms with Gasteiger partial charge in [-0.3, -0.25) is 4.79 Å². The molecular weight excluding hydrogens is 338 g/mol. The van der Waals surface area contributed by atoms with Crippen LogP contribution in [0.5, 0.6) is 0 Å². The van der Waals surface area contributed by atoms with E-state index in [0.29, 0.717) is 18.0 Å². The number of aryl methyl sites for hydroxylation is 1. The first kappa shape index (κ1) is 15.1. The number of carbonyl (C=O) groups is 1. The smallest absolute Gasteiger partial charge is 0.220 e. The Kier molecular flexibility index (Phi) is 5.62. The number of benzene rings is 2. The van der Waals surface area contributed by atoms with E-state index in [0.717, 1.165) is 16.5 Å². The molecule has 0 aliphatic rings. The number of carbonyl (C=O) groups excluding carboxylic acids is 1. The van der Waals surface area contributed by atoms with Crippen LogP contribution < -0.4 is 5.32 Å². The van der Waals surface area contributed by atoms with Crippen molar-refractivity contribution in [2.24, 2.45) is 0 Å². The molecule has 104 valence electrons. The summed E-state index contributed by atoms with van der Waals surface area (Å²) in [4.78, 5) is 11.8. The molecule has 1 N–H and O–H groups in total. The molecule has 0 bridgehead atoms. The Morgan fingerprint density at radius 3 is 2.60 bits per heavy atom. The van der Waals surface area contributed by atoms with E-state index in [-0.39, 0.29) is 5.91 Å². The van der Waals surface area contributed by atoms with Gasteiger partial charge in [0.15, 0.2) is 0 Å². The van der Waals surface area contributed by atoms with Gasteiger partial charge in [0, 0.05) is 22.5 Å². The van der Waals surface area contributed by atoms with Crippen LogP contribution in [0.1, 0.15) is 17.5 Å². The molecule has 0 atom stereocenters. The molecule has 2 rings (SSSR count). The summed E-state index contributed by atoms with van der Waals surface area (Å²) in [6.07, 6.45) is 1.24. The zero-order chi connectivity index (χ0) is 14.4. The minimum Gasteiger partial charge on any atom is -0.352 e. The highest BCUT2D eigenvalue weighted by molar-refractivity contribution is 9.10. The normalized spacial score (nSPS) is 10.3. The van der Waals surface area contributed by atoms with Crippen molar-refractivity contribution in [2.75, 3.05) is 0 Å². The lowest BCUT2D eigenvalue weighted by molar-refractivity contribution is -0.121. The molecule has 0 aliphatic heterocycles. The van der Waals surface area contributed by atoms with E-state index in [9.17, 15) is 4.79 Å². The van der Waals surface area contributed by atoms with Gasteiger partial charge in [-0.2, -0.15) is 0 Å². The maximum atomic E-state index is 11.8. The van der Waals surface area contributed by atoms with E-state index in [4.69, 9.17) is 11.6 Å². The topological polar surface area (TPSA) is 29.1 Å². The van der Waals surface area contributed by atoms with Crippen molar-refractivity contribution in [2.45, 2.75) is 19.4 Å². The van der Waals surface area contributed by atoms with Gasteiger partial charge in [0.1, 0.15) is 0 Å². The predicted octanol–water partition coefficient (Wildman–Crippen LogP) is 4.35. The molecule has 4 heteroatoms. The number of hydrogen-bond acceptors (Lipinski definition) is 1. The molecule has 2 aromatic rings. The van der Waals surface area contributed by atoms with Crippen LogP contribution in [0.2, 0.25) is 5.02 Å². The van der Waals surface area contributed by atoms with Crippen LogP contribution in [0.3, 0.4) is 0 Å². The van der Waals surface area contributed by atoms with Crippen LogP contribution in [-0.2, 0) is 17.8 Å². The molecule has 20 heavy (non-hydrogen) atoms. The van der Waals surface area contributed by atoms with Gasteiger partial charge in [0.05, 0.1) is 0 Å². The Labute approximate surface area is 132 Å². The van der Waals surface area contributed by atoms with Crippen LogP contribution in [0.15, 0.2) is 53.0 Å². The highest BCUT2D eigenvalue weighted by atomic mass is 79.9. The third-order valence-electron chi connectivity index (χ3n) is 2.97. The summed E-state index contributed by atoms with van der Waals surface area (Å²) in [5, 5.41) is 3.55. The molecule has 2 aromatic carbocycles. The molecule has 0 unspecified atom stereocenters. The molecule has 1 amide bonds. The Bertz CT molecular complexity index is 586. The average molecular weight is 353 g/mol. The summed E-state index contributed by atoms with van der Waals surface area (Å²) in [6, 6.07) is 15.6. The van der Waals surface area contributed by atoms with Crippen molar-refractivity contribution in [1.29, 1.82) is 0 Å². The van der Waals surface area contributed by atoms with E-state index in [1.165, 1.54) is 5.56 Å². The molecule has 0 saturated heterocycles. The minimum absolute atomic E-state index is 0.0350. The van der Waals surface area contributed by atoms with Crippen LogP contribution in [0.4, 0.5) is 0 Å². The standard InChI is InChI=1S/C16H15BrClNO/c17-14-8-7-13(15(18)10-14)11-19-16(20)9-6-12-4-2-1-3-5-12/h1-5,7-8,10H,6,9,11H2,(H,19,20). The first-order valence-electron chi connectivity index (χ1n) is 6.40. The van der Waals surface area contributed by atoms with E-state index < -0.39 is 0 Å². The van der Waals surface area contributed by atoms with E-state index in [1.54, 1.807) is 0 Å². The number of nitrogens with one attached hydrogen (secondary N) is 1. The second kappa shape index (κ2) is 7.46. The van der Waals surface area contributed by atoms with Gasteiger partial charge in [-0.1, -0.05) is 63.9 Å². The Morgan fingerprint density at radius 1 is 1.15 bits per heavy atom. The summed E-state index contributed by atoms with van der Waals surface area (Å²) in [7, 11) is 0. The molecule has 0 radical (unpaired) electrons. The summed E-state index contributed by atoms with van der Waals surface area (Å²) in [6.45, 7) is 0.458. The monoisotopic (exact) mass is 351 g/mol. The van der Waals surface area contributed by atoms with Crippen LogP contribution in [-0.4, -0.2) is 5.91 Å². The molecule has 2 nitrogen and oxygen atoms in total. The lowest BCUT2D eigenvalue weighted by Gasteiger charge is -2.07. The number of halogens is 2. The largest absolute Gasteiger partial charge is 0.352 e. The fourth-order valence-electron chi connectivity index (χ4n) is 1.85. The zero-order valence-electron chi connectivity index (χ0n) is 10.9. The SMILES string of the molecule is O=C(CCc1ccccc1)NCc1ccc(Br)cc1Cl. The van der Waals surface area contributed by atoms with Crippen molar-refractivity contribution in [3.8, 4) is 0 Å². The fourth-order valence-corrected chi connectivity index (χ4v) is 2.59. The van der Waals surface area contributed by atoms with Crippen LogP contribution in [0, 0.1) is 0 Å². The fraction of sp³-hybridized carbons (Fsp3) is 0.188. The third-order valence-corrected chi connectivity index (χ3v) is 3.82. The van der Waals surface area contributed by atoms with Crippen molar-refractivity contribution in [3.05, 3.63) is 69.2 Å². The number of rotatable bonds is 5. The van der Waals surface area contributed by atoms with Crippen LogP contribution in [0.25, 0.3) is 0 Å². The van der Waals surface area contributed by atoms with Crippen molar-refractivity contribution >= 4 is 33.4 Å². The number of hydrogen-bond donors (Lipinski definition) is 1. The Morgan fingerprint density at radius 2 is 1.90 bits per heavy atom. The molecule has 0 aliphatic carbocycles. The van der Waals surface area contributed by atoms with Gasteiger partial charge >= 0.3 is 0 Å². The van der Waals surface area contributed by atoms with Gasteiger partial charge in [0.25, 0.3) is 0 Å². The van der Waals surface area contributed by atoms with Crippen molar-refractivity contribution < 1.29 is 4.79 Å². The van der Waals surface area contributed by atoms with Crippen LogP contribution >= 0.6 is 27.5 Å². The van der Waals surface area contributed by atoms with Gasteiger partial charge in [-0.25, -0.2) is 0 Å². The maximum absolute atomic E-state index is 11.8. The lowest BCUT2D eigenvalue weighted by atomic mass is 10.1. The summed E-state index contributed by atoms with van der Waals surface area (Å²) in [5.41, 5.74) is 2.09. The summed E-state index contributed by atoms with van der Waals surface area (Å²) >= 11 is 9.46. The lowest BCUT2D eigenvalue weighted by Crippen LogP contribution is -2.23. The second-order valence-corrected chi connectivity index (χ2v) is 5.82. The second-order valence-electron chi connectivity index (χ2n) is 4.50. The van der Waals surface area contributed by atoms with E-state index in [1.807, 2.05) is 48.5 Å². The summed E-state index contributed by atoms with van der Waals surface area (Å²) < 4.78 is 0.932. The molecule has 0 heterocycles. The highest BCUT2D eigenvalue weighted by Crippen LogP contribution is 2.21. The third kappa shape index (κ3) is 4.66.